The summed E-state index contributed by atoms with van der Waals surface area (Å²) in [7, 11) is 0. The maximum atomic E-state index is 8.98. The van der Waals surface area contributed by atoms with Crippen LogP contribution < -0.4 is 0 Å². The molecule has 0 saturated heterocycles. The van der Waals surface area contributed by atoms with E-state index in [0.29, 0.717) is 11.8 Å². The van der Waals surface area contributed by atoms with E-state index in [-0.39, 0.29) is 5.92 Å². The third-order valence-electron chi connectivity index (χ3n) is 5.86. The summed E-state index contributed by atoms with van der Waals surface area (Å²) in [4.78, 5) is 9.35. The van der Waals surface area contributed by atoms with E-state index in [4.69, 9.17) is 5.26 Å². The minimum Gasteiger partial charge on any atom is -0.241 e. The second-order valence-corrected chi connectivity index (χ2v) is 7.18. The summed E-state index contributed by atoms with van der Waals surface area (Å²) in [6.07, 6.45) is 15.0. The van der Waals surface area contributed by atoms with Crippen molar-refractivity contribution in [2.45, 2.75) is 76.5 Å². The summed E-state index contributed by atoms with van der Waals surface area (Å²) in [5.74, 6) is 3.33. The van der Waals surface area contributed by atoms with E-state index in [0.717, 1.165) is 37.4 Å². The van der Waals surface area contributed by atoms with Crippen molar-refractivity contribution in [3.63, 3.8) is 0 Å². The lowest BCUT2D eigenvalue weighted by atomic mass is 9.78. The summed E-state index contributed by atoms with van der Waals surface area (Å²) >= 11 is 0. The van der Waals surface area contributed by atoms with Gasteiger partial charge in [0.1, 0.15) is 5.82 Å². The lowest BCUT2D eigenvalue weighted by Gasteiger charge is -2.28. The molecule has 2 saturated carbocycles. The van der Waals surface area contributed by atoms with Gasteiger partial charge in [0.05, 0.1) is 6.07 Å². The van der Waals surface area contributed by atoms with E-state index in [9.17, 15) is 0 Å². The molecule has 0 spiro atoms. The molecule has 118 valence electrons. The second-order valence-electron chi connectivity index (χ2n) is 7.18. The van der Waals surface area contributed by atoms with Crippen LogP contribution in [-0.2, 0) is 0 Å². The minimum absolute atomic E-state index is 0.254. The van der Waals surface area contributed by atoms with Gasteiger partial charge in [0.2, 0.25) is 0 Å². The van der Waals surface area contributed by atoms with Crippen LogP contribution in [0.25, 0.3) is 0 Å². The molecule has 0 atom stereocenters. The number of rotatable bonds is 3. The molecule has 3 heteroatoms. The molecule has 22 heavy (non-hydrogen) atoms. The third-order valence-corrected chi connectivity index (χ3v) is 5.86. The first-order chi connectivity index (χ1) is 10.8. The van der Waals surface area contributed by atoms with Crippen LogP contribution in [0.15, 0.2) is 12.4 Å². The Bertz CT molecular complexity index is 500. The Balaban J connectivity index is 1.58. The first kappa shape index (κ1) is 15.5. The first-order valence-corrected chi connectivity index (χ1v) is 9.01. The number of nitriles is 1. The standard InChI is InChI=1S/C19H27N3/c1-2-14-3-7-16(8-4-14)18-12-21-19(22-13-18)17-9-5-15(11-20)6-10-17/h12-17H,2-10H2,1H3. The Morgan fingerprint density at radius 3 is 2.09 bits per heavy atom. The maximum absolute atomic E-state index is 8.98. The van der Waals surface area contributed by atoms with Crippen molar-refractivity contribution in [2.24, 2.45) is 11.8 Å². The molecule has 0 unspecified atom stereocenters. The van der Waals surface area contributed by atoms with Gasteiger partial charge in [0, 0.05) is 24.2 Å². The SMILES string of the molecule is CCC1CCC(c2cnc(C3CCC(C#N)CC3)nc2)CC1. The first-order valence-electron chi connectivity index (χ1n) is 9.01. The molecule has 1 aromatic rings. The highest BCUT2D eigenvalue weighted by atomic mass is 14.9. The molecule has 1 heterocycles. The zero-order valence-corrected chi connectivity index (χ0v) is 13.7. The van der Waals surface area contributed by atoms with Crippen molar-refractivity contribution < 1.29 is 0 Å². The smallest absolute Gasteiger partial charge is 0.131 e. The minimum atomic E-state index is 0.254. The zero-order valence-electron chi connectivity index (χ0n) is 13.7. The molecule has 2 aliphatic carbocycles. The predicted octanol–water partition coefficient (Wildman–Crippen LogP) is 4.96. The fourth-order valence-corrected chi connectivity index (χ4v) is 4.15. The fraction of sp³-hybridized carbons (Fsp3) is 0.737. The molecule has 1 aromatic heterocycles. The molecule has 0 aromatic carbocycles. The van der Waals surface area contributed by atoms with Crippen molar-refractivity contribution in [2.75, 3.05) is 0 Å². The molecule has 0 radical (unpaired) electrons. The highest BCUT2D eigenvalue weighted by Gasteiger charge is 2.25. The Morgan fingerprint density at radius 1 is 0.955 bits per heavy atom. The van der Waals surface area contributed by atoms with E-state index in [2.05, 4.69) is 35.4 Å². The van der Waals surface area contributed by atoms with Gasteiger partial charge in [-0.15, -0.1) is 0 Å². The van der Waals surface area contributed by atoms with Crippen molar-refractivity contribution in [3.05, 3.63) is 23.8 Å². The van der Waals surface area contributed by atoms with Crippen LogP contribution in [0, 0.1) is 23.2 Å². The molecule has 3 nitrogen and oxygen atoms in total. The van der Waals surface area contributed by atoms with Gasteiger partial charge in [-0.25, -0.2) is 9.97 Å². The van der Waals surface area contributed by atoms with Gasteiger partial charge in [0.25, 0.3) is 0 Å². The topological polar surface area (TPSA) is 49.6 Å². The highest BCUT2D eigenvalue weighted by molar-refractivity contribution is 5.14. The van der Waals surface area contributed by atoms with Crippen molar-refractivity contribution >= 4 is 0 Å². The van der Waals surface area contributed by atoms with Crippen LogP contribution in [0.5, 0.6) is 0 Å². The Kier molecular flexibility index (Phi) is 5.08. The molecule has 2 aliphatic rings. The normalized spacial score (nSPS) is 32.4. The molecule has 0 amide bonds. The summed E-state index contributed by atoms with van der Waals surface area (Å²) < 4.78 is 0. The fourth-order valence-electron chi connectivity index (χ4n) is 4.15. The van der Waals surface area contributed by atoms with Crippen molar-refractivity contribution in [1.82, 2.24) is 9.97 Å². The van der Waals surface area contributed by atoms with Gasteiger partial charge >= 0.3 is 0 Å². The predicted molar refractivity (Wildman–Crippen MR) is 87.3 cm³/mol. The monoisotopic (exact) mass is 297 g/mol. The largest absolute Gasteiger partial charge is 0.241 e. The number of aromatic nitrogens is 2. The maximum Gasteiger partial charge on any atom is 0.131 e. The van der Waals surface area contributed by atoms with Crippen LogP contribution in [0.1, 0.15) is 87.9 Å². The Labute approximate surface area is 134 Å². The number of nitrogens with zero attached hydrogens (tertiary/aromatic N) is 3. The van der Waals surface area contributed by atoms with E-state index in [1.54, 1.807) is 0 Å². The quantitative estimate of drug-likeness (QED) is 0.792. The van der Waals surface area contributed by atoms with Gasteiger partial charge in [-0.1, -0.05) is 13.3 Å². The molecule has 3 rings (SSSR count). The van der Waals surface area contributed by atoms with E-state index < -0.39 is 0 Å². The molecule has 0 N–H and O–H groups in total. The average molecular weight is 297 g/mol. The van der Waals surface area contributed by atoms with Gasteiger partial charge in [0.15, 0.2) is 0 Å². The van der Waals surface area contributed by atoms with E-state index >= 15 is 0 Å². The second kappa shape index (κ2) is 7.22. The highest BCUT2D eigenvalue weighted by Crippen LogP contribution is 2.37. The molecular weight excluding hydrogens is 270 g/mol. The lowest BCUT2D eigenvalue weighted by Crippen LogP contribution is -2.16. The van der Waals surface area contributed by atoms with Gasteiger partial charge in [-0.05, 0) is 68.8 Å². The summed E-state index contributed by atoms with van der Waals surface area (Å²) in [5.41, 5.74) is 1.34. The molecular formula is C19H27N3. The van der Waals surface area contributed by atoms with E-state index in [1.807, 2.05) is 0 Å². The van der Waals surface area contributed by atoms with Crippen molar-refractivity contribution in [3.8, 4) is 6.07 Å². The molecule has 2 fully saturated rings. The Morgan fingerprint density at radius 2 is 1.55 bits per heavy atom. The summed E-state index contributed by atoms with van der Waals surface area (Å²) in [5, 5.41) is 8.98. The van der Waals surface area contributed by atoms with Crippen LogP contribution >= 0.6 is 0 Å². The lowest BCUT2D eigenvalue weighted by molar-refractivity contribution is 0.317. The summed E-state index contributed by atoms with van der Waals surface area (Å²) in [6.45, 7) is 2.31. The molecule has 0 aliphatic heterocycles. The van der Waals surface area contributed by atoms with Gasteiger partial charge in [-0.3, -0.25) is 0 Å². The Hall–Kier alpha value is -1.43. The van der Waals surface area contributed by atoms with Gasteiger partial charge < -0.3 is 0 Å². The van der Waals surface area contributed by atoms with E-state index in [1.165, 1.54) is 37.7 Å². The van der Waals surface area contributed by atoms with Crippen LogP contribution in [0.2, 0.25) is 0 Å². The third kappa shape index (κ3) is 3.48. The average Bonchev–Trinajstić information content (AvgIpc) is 2.62. The van der Waals surface area contributed by atoms with Gasteiger partial charge in [-0.2, -0.15) is 5.26 Å². The summed E-state index contributed by atoms with van der Waals surface area (Å²) in [6, 6.07) is 2.40. The number of hydrogen-bond donors (Lipinski definition) is 0. The number of hydrogen-bond acceptors (Lipinski definition) is 3. The van der Waals surface area contributed by atoms with Crippen LogP contribution in [0.3, 0.4) is 0 Å². The zero-order chi connectivity index (χ0) is 15.4. The van der Waals surface area contributed by atoms with Crippen molar-refractivity contribution in [1.29, 1.82) is 5.26 Å². The van der Waals surface area contributed by atoms with Crippen LogP contribution in [0.4, 0.5) is 0 Å². The molecule has 0 bridgehead atoms. The van der Waals surface area contributed by atoms with Crippen LogP contribution in [-0.4, -0.2) is 9.97 Å².